The van der Waals surface area contributed by atoms with Crippen LogP contribution in [0.15, 0.2) is 126 Å². The van der Waals surface area contributed by atoms with Gasteiger partial charge in [0.1, 0.15) is 22.5 Å². The zero-order valence-corrected chi connectivity index (χ0v) is 44.3. The summed E-state index contributed by atoms with van der Waals surface area (Å²) in [4.78, 5) is 17.8. The number of nitrogens with zero attached hydrogens (tertiary/aromatic N) is 4. The van der Waals surface area contributed by atoms with Crippen molar-refractivity contribution >= 4 is 81.1 Å². The molecule has 2 radical (unpaired) electrons. The second kappa shape index (κ2) is 27.7. The number of hydrogen-bond donors (Lipinski definition) is 2. The molecule has 0 amide bonds. The van der Waals surface area contributed by atoms with Crippen molar-refractivity contribution in [2.75, 3.05) is 26.7 Å². The number of phenols is 2. The minimum absolute atomic E-state index is 0. The van der Waals surface area contributed by atoms with E-state index in [2.05, 4.69) is 19.9 Å². The van der Waals surface area contributed by atoms with E-state index < -0.39 is 13.3 Å². The summed E-state index contributed by atoms with van der Waals surface area (Å²) in [6.45, 7) is -1.60. The number of hydrogen-bond acceptors (Lipinski definition) is 8. The van der Waals surface area contributed by atoms with Gasteiger partial charge in [0, 0.05) is 88.3 Å². The molecular weight excluding hydrogens is 1430 g/mol. The van der Waals surface area contributed by atoms with E-state index in [-0.39, 0.29) is 88.4 Å². The molecule has 4 aromatic carbocycles. The summed E-state index contributed by atoms with van der Waals surface area (Å²) in [5.41, 5.74) is 5.59. The second-order valence-electron chi connectivity index (χ2n) is 12.5. The molecule has 4 heterocycles. The van der Waals surface area contributed by atoms with Crippen LogP contribution >= 0.6 is 0 Å². The number of halogens is 4. The topological polar surface area (TPSA) is 101 Å². The molecule has 0 saturated heterocycles. The molecule has 0 fully saturated rings. The Bertz CT molecular complexity index is 2360. The molecule has 60 heavy (non-hydrogen) atoms. The Kier molecular flexibility index (Phi) is 24.4. The summed E-state index contributed by atoms with van der Waals surface area (Å²) in [6.07, 6.45) is 1.32. The predicted molar refractivity (Wildman–Crippen MR) is 222 cm³/mol. The van der Waals surface area contributed by atoms with Crippen LogP contribution in [0.2, 0.25) is 0 Å². The zero-order valence-electron chi connectivity index (χ0n) is 32.0. The minimum atomic E-state index is -0.425. The van der Waals surface area contributed by atoms with Gasteiger partial charge in [-0.25, -0.2) is 9.97 Å². The quantitative estimate of drug-likeness (QED) is 0.0839. The van der Waals surface area contributed by atoms with E-state index in [1.165, 1.54) is 0 Å². The molecule has 0 aliphatic carbocycles. The normalized spacial score (nSPS) is 10.1. The Hall–Kier alpha value is -3.19. The Morgan fingerprint density at radius 3 is 1.17 bits per heavy atom. The van der Waals surface area contributed by atoms with Crippen LogP contribution in [-0.4, -0.2) is 81.7 Å². The van der Waals surface area contributed by atoms with Gasteiger partial charge in [0.25, 0.3) is 0 Å². The van der Waals surface area contributed by atoms with Crippen LogP contribution in [0.5, 0.6) is 17.2 Å². The third-order valence-electron chi connectivity index (χ3n) is 8.55. The van der Waals surface area contributed by atoms with E-state index in [1.807, 2.05) is 84.9 Å². The molecule has 0 unspecified atom stereocenters. The van der Waals surface area contributed by atoms with Gasteiger partial charge in [-0.05, 0) is 35.7 Å². The number of benzene rings is 4. The molecule has 0 spiro atoms. The van der Waals surface area contributed by atoms with Crippen LogP contribution in [-0.2, 0) is 102 Å². The van der Waals surface area contributed by atoms with Crippen molar-refractivity contribution in [1.82, 2.24) is 19.9 Å². The molecule has 0 saturated carbocycles. The first-order valence-electron chi connectivity index (χ1n) is 18.0. The fourth-order valence-corrected chi connectivity index (χ4v) is 6.63. The summed E-state index contributed by atoms with van der Waals surface area (Å²) < 4.78 is 53.8. The van der Waals surface area contributed by atoms with Crippen molar-refractivity contribution in [3.8, 4) is 17.2 Å². The molecule has 0 bridgehead atoms. The molecule has 0 aliphatic heterocycles. The number of para-hydroxylation sites is 4. The summed E-state index contributed by atoms with van der Waals surface area (Å²) in [7, 11) is 0. The molecule has 7 nitrogen and oxygen atoms in total. The Labute approximate surface area is 409 Å². The number of rotatable bonds is 9. The van der Waals surface area contributed by atoms with Crippen LogP contribution in [0.1, 0.15) is 22.8 Å². The largest absolute Gasteiger partial charge is 1.00 e. The smallest absolute Gasteiger partial charge is 0.778 e. The maximum absolute atomic E-state index is 12.2. The van der Waals surface area contributed by atoms with Crippen molar-refractivity contribution in [3.05, 3.63) is 144 Å². The second-order valence-corrected chi connectivity index (χ2v) is 13.7. The van der Waals surface area contributed by atoms with Crippen LogP contribution in [0.25, 0.3) is 43.6 Å². The monoisotopic (exact) mass is 1470 g/mol. The Morgan fingerprint density at radius 2 is 0.783 bits per heavy atom. The van der Waals surface area contributed by atoms with Crippen molar-refractivity contribution in [1.29, 1.82) is 0 Å². The van der Waals surface area contributed by atoms with E-state index in [0.717, 1.165) is 54.6 Å². The molecule has 0 atom stereocenters. The first kappa shape index (κ1) is 52.9. The maximum Gasteiger partial charge on any atom is 1.00 e. The van der Waals surface area contributed by atoms with E-state index >= 15 is 0 Å². The van der Waals surface area contributed by atoms with Crippen molar-refractivity contribution in [2.24, 2.45) is 0 Å². The van der Waals surface area contributed by atoms with Gasteiger partial charge in [0.05, 0.1) is 25.5 Å². The third kappa shape index (κ3) is 15.0. The van der Waals surface area contributed by atoms with Crippen LogP contribution < -0.4 is 2.85 Å². The maximum atomic E-state index is 12.2. The van der Waals surface area contributed by atoms with E-state index in [1.54, 1.807) is 36.4 Å². The van der Waals surface area contributed by atoms with E-state index in [4.69, 9.17) is 15.5 Å². The number of aryl methyl sites for hydroxylation is 4. The average Bonchev–Trinajstić information content (AvgIpc) is 3.23. The molecule has 8 rings (SSSR count). The molecule has 4 aromatic heterocycles. The molecule has 8 aromatic rings. The predicted octanol–water partition coefficient (Wildman–Crippen LogP) is 9.49. The third-order valence-corrected chi connectivity index (χ3v) is 9.77. The standard InChI is InChI=1S/3C11H10FNO.C11H10FNS.Au.In.Ir.W.H/c4*12-7-6-9-5-4-8-2-1-3-10(14)11(8)13-9;;;;;/h4*1-5,14H,6-7H2;;;;;/q;;;;2*+1;;;/p-2. The number of fused-ring (bicyclic) bond motifs is 4. The number of pyridine rings is 4. The SMILES string of the molecule is FCCc1ccc2cccc([O][InH])c2n1.FCCc1ccc2cccc([S-])c2n1.Oc1cccc2ccc(CCF)nc12.Oc1cccc2ccc(CCF)nc12.[Au+].[Ir].[W]. The van der Waals surface area contributed by atoms with Gasteiger partial charge in [-0.3, -0.25) is 18.2 Å². The van der Waals surface area contributed by atoms with Gasteiger partial charge in [-0.1, -0.05) is 60.7 Å². The summed E-state index contributed by atoms with van der Waals surface area (Å²) in [5, 5.41) is 22.8. The fourth-order valence-electron chi connectivity index (χ4n) is 5.72. The Balaban J connectivity index is 0.000000271. The number of aromatic hydroxyl groups is 2. The van der Waals surface area contributed by atoms with Gasteiger partial charge < -0.3 is 22.8 Å². The van der Waals surface area contributed by atoms with Gasteiger partial charge in [-0.2, -0.15) is 0 Å². The molecule has 16 heteroatoms. The van der Waals surface area contributed by atoms with E-state index in [9.17, 15) is 27.8 Å². The molecular formula is C44H39AuF4InIrN4O3SW. The molecule has 316 valence electrons. The average molecular weight is 1470 g/mol. The van der Waals surface area contributed by atoms with Gasteiger partial charge in [0.15, 0.2) is 0 Å². The van der Waals surface area contributed by atoms with Gasteiger partial charge >= 0.3 is 125 Å². The minimum Gasteiger partial charge on any atom is -0.778 e. The van der Waals surface area contributed by atoms with Gasteiger partial charge in [0.2, 0.25) is 0 Å². The molecule has 2 N–H and O–H groups in total. The van der Waals surface area contributed by atoms with Crippen molar-refractivity contribution in [2.45, 2.75) is 30.6 Å². The van der Waals surface area contributed by atoms with Gasteiger partial charge in [-0.15, -0.1) is 4.90 Å². The fraction of sp³-hybridized carbons (Fsp3) is 0.182. The first-order chi connectivity index (χ1) is 27.8. The molecule has 0 aliphatic rings. The number of alkyl halides is 4. The summed E-state index contributed by atoms with van der Waals surface area (Å²) in [5.74, 6) is 1.09. The number of phenolic OH excluding ortho intramolecular Hbond substituents is 2. The van der Waals surface area contributed by atoms with Crippen molar-refractivity contribution in [3.63, 3.8) is 0 Å². The van der Waals surface area contributed by atoms with Crippen molar-refractivity contribution < 1.29 is 94.2 Å². The Morgan fingerprint density at radius 1 is 0.467 bits per heavy atom. The first-order valence-corrected chi connectivity index (χ1v) is 20.1. The summed E-state index contributed by atoms with van der Waals surface area (Å²) >= 11 is 5.56. The van der Waals surface area contributed by atoms with Crippen LogP contribution in [0.3, 0.4) is 0 Å². The zero-order chi connectivity index (χ0) is 40.6. The number of aromatic nitrogens is 4. The van der Waals surface area contributed by atoms with Crippen LogP contribution in [0, 0.1) is 0 Å². The summed E-state index contributed by atoms with van der Waals surface area (Å²) in [6, 6.07) is 36.8. The van der Waals surface area contributed by atoms with Crippen LogP contribution in [0.4, 0.5) is 17.6 Å². The van der Waals surface area contributed by atoms with E-state index in [0.29, 0.717) is 72.9 Å².